The van der Waals surface area contributed by atoms with Gasteiger partial charge in [-0.2, -0.15) is 0 Å². The van der Waals surface area contributed by atoms with Gasteiger partial charge < -0.3 is 0 Å². The molecule has 0 fully saturated rings. The summed E-state index contributed by atoms with van der Waals surface area (Å²) in [4.78, 5) is 24.8. The van der Waals surface area contributed by atoms with E-state index in [0.29, 0.717) is 22.5 Å². The topological polar surface area (TPSA) is 46.1 Å². The number of fused-ring (bicyclic) bond motifs is 1. The molecule has 1 amide bonds. The molecule has 0 spiro atoms. The highest BCUT2D eigenvalue weighted by Crippen LogP contribution is 2.32. The minimum absolute atomic E-state index is 0.00424. The van der Waals surface area contributed by atoms with E-state index in [1.54, 1.807) is 17.3 Å². The summed E-state index contributed by atoms with van der Waals surface area (Å²) >= 11 is 9.11. The molecule has 0 bridgehead atoms. The van der Waals surface area contributed by atoms with E-state index in [1.165, 1.54) is 28.7 Å². The number of benzene rings is 2. The lowest BCUT2D eigenvalue weighted by atomic mass is 10.2. The molecule has 29 heavy (non-hydrogen) atoms. The Morgan fingerprint density at radius 2 is 2.00 bits per heavy atom. The standard InChI is InChI=1S/C22H18ClN3OS2/c1-15-4-7-18(8-5-15)28-14-21(27)26(13-16-3-2-10-24-12-16)22-25-19-9-6-17(23)11-20(19)29-22/h2-12H,13-14H2,1H3. The lowest BCUT2D eigenvalue weighted by Crippen LogP contribution is -2.31. The smallest absolute Gasteiger partial charge is 0.239 e. The van der Waals surface area contributed by atoms with E-state index >= 15 is 0 Å². The minimum atomic E-state index is 0.00424. The van der Waals surface area contributed by atoms with Gasteiger partial charge in [-0.1, -0.05) is 46.7 Å². The van der Waals surface area contributed by atoms with E-state index in [4.69, 9.17) is 11.6 Å². The largest absolute Gasteiger partial charge is 0.283 e. The molecule has 4 aromatic rings. The monoisotopic (exact) mass is 439 g/mol. The zero-order chi connectivity index (χ0) is 20.2. The zero-order valence-corrected chi connectivity index (χ0v) is 18.1. The second kappa shape index (κ2) is 8.95. The Morgan fingerprint density at radius 3 is 2.76 bits per heavy atom. The van der Waals surface area contributed by atoms with Gasteiger partial charge in [0, 0.05) is 22.3 Å². The molecule has 146 valence electrons. The van der Waals surface area contributed by atoms with Crippen molar-refractivity contribution in [2.75, 3.05) is 10.7 Å². The second-order valence-corrected chi connectivity index (χ2v) is 9.05. The van der Waals surface area contributed by atoms with Crippen molar-refractivity contribution in [1.29, 1.82) is 0 Å². The van der Waals surface area contributed by atoms with Crippen LogP contribution < -0.4 is 4.90 Å². The van der Waals surface area contributed by atoms with E-state index < -0.39 is 0 Å². The summed E-state index contributed by atoms with van der Waals surface area (Å²) in [7, 11) is 0. The van der Waals surface area contributed by atoms with Crippen LogP contribution in [0.4, 0.5) is 5.13 Å². The van der Waals surface area contributed by atoms with Gasteiger partial charge in [0.25, 0.3) is 0 Å². The molecule has 2 aromatic carbocycles. The average molecular weight is 440 g/mol. The van der Waals surface area contributed by atoms with Gasteiger partial charge in [0.05, 0.1) is 22.5 Å². The van der Waals surface area contributed by atoms with Crippen LogP contribution in [0.1, 0.15) is 11.1 Å². The van der Waals surface area contributed by atoms with Crippen molar-refractivity contribution in [1.82, 2.24) is 9.97 Å². The Labute approximate surface area is 182 Å². The van der Waals surface area contributed by atoms with Crippen LogP contribution in [0.5, 0.6) is 0 Å². The summed E-state index contributed by atoms with van der Waals surface area (Å²) < 4.78 is 0.961. The van der Waals surface area contributed by atoms with Gasteiger partial charge in [-0.3, -0.25) is 14.7 Å². The summed E-state index contributed by atoms with van der Waals surface area (Å²) in [5.41, 5.74) is 3.00. The fraction of sp³-hybridized carbons (Fsp3) is 0.136. The molecule has 4 nitrogen and oxygen atoms in total. The fourth-order valence-corrected chi connectivity index (χ4v) is 4.83. The Hall–Kier alpha value is -2.41. The first kappa shape index (κ1) is 19.9. The normalized spacial score (nSPS) is 11.0. The minimum Gasteiger partial charge on any atom is -0.283 e. The molecule has 0 radical (unpaired) electrons. The lowest BCUT2D eigenvalue weighted by molar-refractivity contribution is -0.116. The predicted molar refractivity (Wildman–Crippen MR) is 122 cm³/mol. The van der Waals surface area contributed by atoms with Gasteiger partial charge in [-0.05, 0) is 48.9 Å². The number of thiazole rings is 1. The highest BCUT2D eigenvalue weighted by Gasteiger charge is 2.20. The van der Waals surface area contributed by atoms with Gasteiger partial charge in [0.2, 0.25) is 5.91 Å². The molecule has 7 heteroatoms. The average Bonchev–Trinajstić information content (AvgIpc) is 3.15. The third kappa shape index (κ3) is 4.96. The third-order valence-corrected chi connectivity index (χ3v) is 6.59. The first-order valence-corrected chi connectivity index (χ1v) is 11.2. The van der Waals surface area contributed by atoms with E-state index in [1.807, 2.05) is 42.5 Å². The number of carbonyl (C=O) groups is 1. The quantitative estimate of drug-likeness (QED) is 0.347. The number of thioether (sulfide) groups is 1. The first-order chi connectivity index (χ1) is 14.1. The van der Waals surface area contributed by atoms with Crippen LogP contribution in [-0.2, 0) is 11.3 Å². The molecular formula is C22H18ClN3OS2. The number of aryl methyl sites for hydroxylation is 1. The first-order valence-electron chi connectivity index (χ1n) is 9.03. The molecule has 0 saturated heterocycles. The summed E-state index contributed by atoms with van der Waals surface area (Å²) in [6, 6.07) is 17.6. The van der Waals surface area contributed by atoms with Crippen LogP contribution in [0.2, 0.25) is 5.02 Å². The molecule has 0 aliphatic rings. The number of aromatic nitrogens is 2. The molecule has 2 heterocycles. The van der Waals surface area contributed by atoms with Crippen molar-refractivity contribution in [2.45, 2.75) is 18.4 Å². The number of rotatable bonds is 6. The number of hydrogen-bond acceptors (Lipinski definition) is 5. The summed E-state index contributed by atoms with van der Waals surface area (Å²) in [5, 5.41) is 1.33. The number of amides is 1. The van der Waals surface area contributed by atoms with E-state index in [-0.39, 0.29) is 5.91 Å². The number of anilines is 1. The molecule has 0 saturated carbocycles. The number of pyridine rings is 1. The maximum absolute atomic E-state index is 13.2. The van der Waals surface area contributed by atoms with Crippen molar-refractivity contribution in [3.05, 3.63) is 83.1 Å². The van der Waals surface area contributed by atoms with Crippen LogP contribution in [-0.4, -0.2) is 21.6 Å². The van der Waals surface area contributed by atoms with Crippen molar-refractivity contribution >= 4 is 56.0 Å². The molecular weight excluding hydrogens is 422 g/mol. The second-order valence-electron chi connectivity index (χ2n) is 6.55. The molecule has 0 atom stereocenters. The predicted octanol–water partition coefficient (Wildman–Crippen LogP) is 5.98. The van der Waals surface area contributed by atoms with Gasteiger partial charge >= 0.3 is 0 Å². The van der Waals surface area contributed by atoms with E-state index in [0.717, 1.165) is 20.7 Å². The highest BCUT2D eigenvalue weighted by atomic mass is 35.5. The molecule has 4 rings (SSSR count). The van der Waals surface area contributed by atoms with Crippen molar-refractivity contribution < 1.29 is 4.79 Å². The Morgan fingerprint density at radius 1 is 1.17 bits per heavy atom. The van der Waals surface area contributed by atoms with Crippen LogP contribution in [0, 0.1) is 6.92 Å². The number of nitrogens with zero attached hydrogens (tertiary/aromatic N) is 3. The van der Waals surface area contributed by atoms with Gasteiger partial charge in [-0.25, -0.2) is 4.98 Å². The number of hydrogen-bond donors (Lipinski definition) is 0. The van der Waals surface area contributed by atoms with Crippen LogP contribution in [0.3, 0.4) is 0 Å². The van der Waals surface area contributed by atoms with Crippen LogP contribution >= 0.6 is 34.7 Å². The molecule has 2 aromatic heterocycles. The molecule has 0 unspecified atom stereocenters. The van der Waals surface area contributed by atoms with Crippen molar-refractivity contribution in [2.24, 2.45) is 0 Å². The Bertz CT molecular complexity index is 1130. The van der Waals surface area contributed by atoms with Crippen molar-refractivity contribution in [3.8, 4) is 0 Å². The van der Waals surface area contributed by atoms with Crippen LogP contribution in [0.15, 0.2) is 71.9 Å². The van der Waals surface area contributed by atoms with Crippen molar-refractivity contribution in [3.63, 3.8) is 0 Å². The summed E-state index contributed by atoms with van der Waals surface area (Å²) in [6.45, 7) is 2.48. The summed E-state index contributed by atoms with van der Waals surface area (Å²) in [6.07, 6.45) is 3.50. The van der Waals surface area contributed by atoms with E-state index in [2.05, 4.69) is 29.0 Å². The summed E-state index contributed by atoms with van der Waals surface area (Å²) in [5.74, 6) is 0.338. The molecule has 0 N–H and O–H groups in total. The van der Waals surface area contributed by atoms with E-state index in [9.17, 15) is 4.79 Å². The van der Waals surface area contributed by atoms with Gasteiger partial charge in [0.1, 0.15) is 0 Å². The third-order valence-electron chi connectivity index (χ3n) is 4.32. The lowest BCUT2D eigenvalue weighted by Gasteiger charge is -2.19. The molecule has 0 aliphatic heterocycles. The maximum Gasteiger partial charge on any atom is 0.239 e. The number of halogens is 1. The highest BCUT2D eigenvalue weighted by molar-refractivity contribution is 8.00. The Balaban J connectivity index is 1.59. The molecule has 0 aliphatic carbocycles. The fourth-order valence-electron chi connectivity index (χ4n) is 2.80. The number of carbonyl (C=O) groups excluding carboxylic acids is 1. The van der Waals surface area contributed by atoms with Gasteiger partial charge in [-0.15, -0.1) is 11.8 Å². The Kier molecular flexibility index (Phi) is 6.13. The maximum atomic E-state index is 13.2. The van der Waals surface area contributed by atoms with Gasteiger partial charge in [0.15, 0.2) is 5.13 Å². The van der Waals surface area contributed by atoms with Crippen LogP contribution in [0.25, 0.3) is 10.2 Å². The SMILES string of the molecule is Cc1ccc(SCC(=O)N(Cc2cccnc2)c2nc3ccc(Cl)cc3s2)cc1. The zero-order valence-electron chi connectivity index (χ0n) is 15.7.